The van der Waals surface area contributed by atoms with Crippen LogP contribution in [-0.2, 0) is 11.3 Å². The van der Waals surface area contributed by atoms with Crippen molar-refractivity contribution in [3.05, 3.63) is 40.7 Å². The number of aromatic nitrogens is 2. The van der Waals surface area contributed by atoms with Crippen LogP contribution in [0.2, 0.25) is 0 Å². The van der Waals surface area contributed by atoms with Crippen LogP contribution in [0.15, 0.2) is 23.4 Å². The lowest BCUT2D eigenvalue weighted by molar-refractivity contribution is -0.113. The number of nitrogens with zero attached hydrogens (tertiary/aromatic N) is 2. The highest BCUT2D eigenvalue weighted by molar-refractivity contribution is 7.99. The Bertz CT molecular complexity index is 734. The summed E-state index contributed by atoms with van der Waals surface area (Å²) in [6.45, 7) is 13.5. The standard InChI is InChI=1S/C19H27N3OS/c1-12(2)10-22-16(6)15(5)20-19(22)24-11-18(23)21-17-9-7-8-13(3)14(17)4/h7-9,12H,10-11H2,1-6H3,(H,21,23). The Morgan fingerprint density at radius 1 is 1.25 bits per heavy atom. The molecule has 0 spiro atoms. The van der Waals surface area contributed by atoms with Gasteiger partial charge in [0, 0.05) is 17.9 Å². The van der Waals surface area contributed by atoms with Crippen molar-refractivity contribution < 1.29 is 4.79 Å². The number of thioether (sulfide) groups is 1. The molecule has 4 nitrogen and oxygen atoms in total. The molecule has 1 heterocycles. The van der Waals surface area contributed by atoms with Gasteiger partial charge in [-0.25, -0.2) is 4.98 Å². The molecule has 0 aliphatic carbocycles. The molecule has 1 amide bonds. The van der Waals surface area contributed by atoms with E-state index in [1.54, 1.807) is 0 Å². The Labute approximate surface area is 149 Å². The quantitative estimate of drug-likeness (QED) is 0.784. The summed E-state index contributed by atoms with van der Waals surface area (Å²) in [5, 5.41) is 3.93. The van der Waals surface area contributed by atoms with Crippen molar-refractivity contribution in [1.29, 1.82) is 0 Å². The Balaban J connectivity index is 2.04. The van der Waals surface area contributed by atoms with E-state index in [0.29, 0.717) is 11.7 Å². The SMILES string of the molecule is Cc1cccc(NC(=O)CSc2nc(C)c(C)n2CC(C)C)c1C. The Morgan fingerprint density at radius 2 is 1.96 bits per heavy atom. The van der Waals surface area contributed by atoms with Crippen LogP contribution in [-0.4, -0.2) is 21.2 Å². The third-order valence-electron chi connectivity index (χ3n) is 4.18. The van der Waals surface area contributed by atoms with Gasteiger partial charge in [-0.3, -0.25) is 4.79 Å². The molecule has 1 aromatic carbocycles. The maximum atomic E-state index is 12.3. The summed E-state index contributed by atoms with van der Waals surface area (Å²) in [6.07, 6.45) is 0. The van der Waals surface area contributed by atoms with Gasteiger partial charge in [0.25, 0.3) is 0 Å². The molecule has 5 heteroatoms. The highest BCUT2D eigenvalue weighted by Gasteiger charge is 2.14. The fourth-order valence-electron chi connectivity index (χ4n) is 2.52. The first kappa shape index (κ1) is 18.6. The molecule has 0 bridgehead atoms. The van der Waals surface area contributed by atoms with Crippen molar-refractivity contribution >= 4 is 23.4 Å². The Kier molecular flexibility index (Phi) is 6.10. The minimum Gasteiger partial charge on any atom is -0.325 e. The molecule has 0 aliphatic heterocycles. The van der Waals surface area contributed by atoms with E-state index in [9.17, 15) is 4.79 Å². The molecule has 130 valence electrons. The largest absolute Gasteiger partial charge is 0.325 e. The summed E-state index contributed by atoms with van der Waals surface area (Å²) in [4.78, 5) is 16.9. The zero-order chi connectivity index (χ0) is 17.9. The van der Waals surface area contributed by atoms with E-state index in [1.165, 1.54) is 23.0 Å². The molecule has 0 atom stereocenters. The van der Waals surface area contributed by atoms with Crippen LogP contribution in [0.4, 0.5) is 5.69 Å². The van der Waals surface area contributed by atoms with Crippen LogP contribution in [0.5, 0.6) is 0 Å². The highest BCUT2D eigenvalue weighted by atomic mass is 32.2. The number of carbonyl (C=O) groups excluding carboxylic acids is 1. The van der Waals surface area contributed by atoms with Gasteiger partial charge >= 0.3 is 0 Å². The Hall–Kier alpha value is -1.75. The van der Waals surface area contributed by atoms with E-state index in [1.807, 2.05) is 39.0 Å². The lowest BCUT2D eigenvalue weighted by Gasteiger charge is -2.13. The predicted octanol–water partition coefficient (Wildman–Crippen LogP) is 4.50. The van der Waals surface area contributed by atoms with Crippen LogP contribution < -0.4 is 5.32 Å². The smallest absolute Gasteiger partial charge is 0.234 e. The second-order valence-corrected chi connectivity index (χ2v) is 7.60. The fourth-order valence-corrected chi connectivity index (χ4v) is 3.42. The van der Waals surface area contributed by atoms with Gasteiger partial charge in [-0.15, -0.1) is 0 Å². The zero-order valence-electron chi connectivity index (χ0n) is 15.4. The number of imidazole rings is 1. The number of carbonyl (C=O) groups is 1. The first-order valence-electron chi connectivity index (χ1n) is 8.32. The van der Waals surface area contributed by atoms with Crippen molar-refractivity contribution in [2.24, 2.45) is 5.92 Å². The second-order valence-electron chi connectivity index (χ2n) is 6.65. The molecule has 0 saturated carbocycles. The maximum Gasteiger partial charge on any atom is 0.234 e. The van der Waals surface area contributed by atoms with E-state index < -0.39 is 0 Å². The normalized spacial score (nSPS) is 11.1. The Morgan fingerprint density at radius 3 is 2.62 bits per heavy atom. The number of benzene rings is 1. The average Bonchev–Trinajstić information content (AvgIpc) is 2.77. The summed E-state index contributed by atoms with van der Waals surface area (Å²) >= 11 is 1.50. The number of hydrogen-bond donors (Lipinski definition) is 1. The highest BCUT2D eigenvalue weighted by Crippen LogP contribution is 2.23. The summed E-state index contributed by atoms with van der Waals surface area (Å²) in [7, 11) is 0. The molecule has 24 heavy (non-hydrogen) atoms. The topological polar surface area (TPSA) is 46.9 Å². The van der Waals surface area contributed by atoms with Gasteiger partial charge in [0.15, 0.2) is 5.16 Å². The molecule has 2 aromatic rings. The van der Waals surface area contributed by atoms with Crippen LogP contribution in [0.25, 0.3) is 0 Å². The molecule has 0 radical (unpaired) electrons. The van der Waals surface area contributed by atoms with E-state index in [0.717, 1.165) is 28.6 Å². The van der Waals surface area contributed by atoms with Gasteiger partial charge in [-0.05, 0) is 50.8 Å². The minimum absolute atomic E-state index is 0.00287. The van der Waals surface area contributed by atoms with Gasteiger partial charge in [0.1, 0.15) is 0 Å². The van der Waals surface area contributed by atoms with Crippen LogP contribution in [0.3, 0.4) is 0 Å². The summed E-state index contributed by atoms with van der Waals surface area (Å²) in [5.41, 5.74) is 5.40. The number of nitrogens with one attached hydrogen (secondary N) is 1. The van der Waals surface area contributed by atoms with Crippen molar-refractivity contribution in [3.63, 3.8) is 0 Å². The summed E-state index contributed by atoms with van der Waals surface area (Å²) in [6, 6.07) is 5.96. The van der Waals surface area contributed by atoms with E-state index in [-0.39, 0.29) is 5.91 Å². The van der Waals surface area contributed by atoms with E-state index in [2.05, 4.69) is 35.6 Å². The van der Waals surface area contributed by atoms with Gasteiger partial charge in [-0.1, -0.05) is 37.7 Å². The summed E-state index contributed by atoms with van der Waals surface area (Å²) in [5.74, 6) is 0.907. The molecular formula is C19H27N3OS. The monoisotopic (exact) mass is 345 g/mol. The molecule has 0 fully saturated rings. The first-order valence-corrected chi connectivity index (χ1v) is 9.30. The first-order chi connectivity index (χ1) is 11.3. The van der Waals surface area contributed by atoms with Gasteiger partial charge in [-0.2, -0.15) is 0 Å². The lowest BCUT2D eigenvalue weighted by Crippen LogP contribution is -2.16. The van der Waals surface area contributed by atoms with Crippen molar-refractivity contribution in [2.45, 2.75) is 53.2 Å². The number of amides is 1. The molecule has 1 aromatic heterocycles. The zero-order valence-corrected chi connectivity index (χ0v) is 16.3. The molecule has 0 aliphatic rings. The maximum absolute atomic E-state index is 12.3. The summed E-state index contributed by atoms with van der Waals surface area (Å²) < 4.78 is 2.22. The predicted molar refractivity (Wildman–Crippen MR) is 102 cm³/mol. The molecule has 1 N–H and O–H groups in total. The lowest BCUT2D eigenvalue weighted by atomic mass is 10.1. The molecule has 0 unspecified atom stereocenters. The average molecular weight is 346 g/mol. The van der Waals surface area contributed by atoms with E-state index in [4.69, 9.17) is 0 Å². The van der Waals surface area contributed by atoms with Crippen LogP contribution in [0, 0.1) is 33.6 Å². The third kappa shape index (κ3) is 4.41. The van der Waals surface area contributed by atoms with Crippen molar-refractivity contribution in [2.75, 3.05) is 11.1 Å². The van der Waals surface area contributed by atoms with Crippen molar-refractivity contribution in [3.8, 4) is 0 Å². The fraction of sp³-hybridized carbons (Fsp3) is 0.474. The van der Waals surface area contributed by atoms with Gasteiger partial charge < -0.3 is 9.88 Å². The molecular weight excluding hydrogens is 318 g/mol. The molecule has 0 saturated heterocycles. The van der Waals surface area contributed by atoms with Gasteiger partial charge in [0.05, 0.1) is 11.4 Å². The van der Waals surface area contributed by atoms with Crippen LogP contribution in [0.1, 0.15) is 36.4 Å². The molecule has 2 rings (SSSR count). The number of hydrogen-bond acceptors (Lipinski definition) is 3. The number of anilines is 1. The number of rotatable bonds is 6. The van der Waals surface area contributed by atoms with Gasteiger partial charge in [0.2, 0.25) is 5.91 Å². The minimum atomic E-state index is 0.00287. The van der Waals surface area contributed by atoms with E-state index >= 15 is 0 Å². The van der Waals surface area contributed by atoms with Crippen LogP contribution >= 0.6 is 11.8 Å². The third-order valence-corrected chi connectivity index (χ3v) is 5.16. The second kappa shape index (κ2) is 7.88. The van der Waals surface area contributed by atoms with Crippen molar-refractivity contribution in [1.82, 2.24) is 9.55 Å². The number of aryl methyl sites for hydroxylation is 2.